The van der Waals surface area contributed by atoms with E-state index in [0.717, 1.165) is 22.4 Å². The predicted molar refractivity (Wildman–Crippen MR) is 102 cm³/mol. The molecule has 0 unspecified atom stereocenters. The Balaban J connectivity index is 1.78. The topological polar surface area (TPSA) is 54.3 Å². The Morgan fingerprint density at radius 2 is 1.96 bits per heavy atom. The van der Waals surface area contributed by atoms with E-state index in [-0.39, 0.29) is 5.91 Å². The van der Waals surface area contributed by atoms with Crippen LogP contribution < -0.4 is 4.74 Å². The zero-order chi connectivity index (χ0) is 17.6. The smallest absolute Gasteiger partial charge is 0.239 e. The van der Waals surface area contributed by atoms with E-state index in [1.165, 1.54) is 11.8 Å². The van der Waals surface area contributed by atoms with Crippen molar-refractivity contribution in [3.05, 3.63) is 65.2 Å². The monoisotopic (exact) mass is 353 g/mol. The van der Waals surface area contributed by atoms with E-state index in [1.54, 1.807) is 18.2 Å². The molecular weight excluding hydrogens is 334 g/mol. The highest BCUT2D eigenvalue weighted by Gasteiger charge is 2.28. The van der Waals surface area contributed by atoms with E-state index < -0.39 is 0 Å². The van der Waals surface area contributed by atoms with Crippen LogP contribution in [-0.2, 0) is 11.3 Å². The molecule has 0 radical (unpaired) electrons. The van der Waals surface area contributed by atoms with E-state index in [2.05, 4.69) is 10.2 Å². The molecule has 1 aliphatic heterocycles. The molecule has 1 amide bonds. The lowest BCUT2D eigenvalue weighted by Gasteiger charge is -2.16. The number of carbonyl (C=O) groups is 1. The number of methoxy groups -OCH3 is 1. The maximum Gasteiger partial charge on any atom is 0.239 e. The van der Waals surface area contributed by atoms with Crippen molar-refractivity contribution in [1.82, 2.24) is 4.90 Å². The van der Waals surface area contributed by atoms with Crippen LogP contribution >= 0.6 is 11.8 Å². The Bertz CT molecular complexity index is 833. The Morgan fingerprint density at radius 1 is 1.20 bits per heavy atom. The minimum atomic E-state index is 0.0551. The summed E-state index contributed by atoms with van der Waals surface area (Å²) in [6.07, 6.45) is 1.64. The zero-order valence-corrected chi connectivity index (χ0v) is 15.0. The molecule has 6 heteroatoms. The van der Waals surface area contributed by atoms with Gasteiger partial charge >= 0.3 is 0 Å². The van der Waals surface area contributed by atoms with Crippen molar-refractivity contribution in [1.29, 1.82) is 0 Å². The Kier molecular flexibility index (Phi) is 5.50. The van der Waals surface area contributed by atoms with Gasteiger partial charge in [0.05, 0.1) is 25.6 Å². The number of nitrogens with zero attached hydrogens (tertiary/aromatic N) is 3. The lowest BCUT2D eigenvalue weighted by atomic mass is 10.1. The molecule has 0 spiro atoms. The number of carbonyl (C=O) groups excluding carboxylic acids is 1. The molecule has 1 heterocycles. The largest absolute Gasteiger partial charge is 0.496 e. The van der Waals surface area contributed by atoms with E-state index in [9.17, 15) is 4.79 Å². The van der Waals surface area contributed by atoms with Gasteiger partial charge < -0.3 is 4.74 Å². The lowest BCUT2D eigenvalue weighted by molar-refractivity contribution is -0.124. The van der Waals surface area contributed by atoms with E-state index in [1.807, 2.05) is 55.5 Å². The van der Waals surface area contributed by atoms with Crippen molar-refractivity contribution < 1.29 is 9.53 Å². The minimum absolute atomic E-state index is 0.0551. The molecule has 3 rings (SSSR count). The first kappa shape index (κ1) is 17.2. The van der Waals surface area contributed by atoms with Crippen LogP contribution in [-0.4, -0.2) is 35.1 Å². The summed E-state index contributed by atoms with van der Waals surface area (Å²) in [4.78, 5) is 13.9. The number of hydrogen-bond acceptors (Lipinski definition) is 5. The maximum atomic E-state index is 12.2. The molecule has 1 fully saturated rings. The number of aryl methyl sites for hydroxylation is 1. The Hall–Kier alpha value is -2.60. The fourth-order valence-corrected chi connectivity index (χ4v) is 3.33. The van der Waals surface area contributed by atoms with Gasteiger partial charge in [0, 0.05) is 5.56 Å². The molecule has 0 aromatic heterocycles. The van der Waals surface area contributed by atoms with Crippen LogP contribution in [0.15, 0.2) is 58.7 Å². The lowest BCUT2D eigenvalue weighted by Crippen LogP contribution is -2.29. The third-order valence-electron chi connectivity index (χ3n) is 3.93. The summed E-state index contributed by atoms with van der Waals surface area (Å²) in [5, 5.41) is 9.02. The van der Waals surface area contributed by atoms with Crippen LogP contribution in [0.1, 0.15) is 16.7 Å². The molecule has 0 N–H and O–H groups in total. The van der Waals surface area contributed by atoms with Gasteiger partial charge in [-0.1, -0.05) is 48.2 Å². The molecule has 2 aromatic rings. The quantitative estimate of drug-likeness (QED) is 0.611. The molecule has 0 aliphatic carbocycles. The molecular formula is C19H19N3O2S. The fourth-order valence-electron chi connectivity index (χ4n) is 2.50. The number of rotatable bonds is 5. The van der Waals surface area contributed by atoms with Crippen LogP contribution in [0, 0.1) is 6.92 Å². The summed E-state index contributed by atoms with van der Waals surface area (Å²) in [6.45, 7) is 2.56. The number of para-hydroxylation sites is 1. The second-order valence-corrected chi connectivity index (χ2v) is 6.51. The van der Waals surface area contributed by atoms with Crippen molar-refractivity contribution >= 4 is 29.1 Å². The average molecular weight is 353 g/mol. The van der Waals surface area contributed by atoms with Gasteiger partial charge in [-0.2, -0.15) is 5.10 Å². The average Bonchev–Trinajstić information content (AvgIpc) is 2.97. The standard InChI is InChI=1S/C19H19N3O2S/c1-14-7-3-4-9-16(14)12-22-18(23)13-25-19(22)21-20-11-15-8-5-6-10-17(15)24-2/h3-11H,12-13H2,1-2H3/b20-11-,21-19-. The van der Waals surface area contributed by atoms with Crippen LogP contribution in [0.3, 0.4) is 0 Å². The summed E-state index contributed by atoms with van der Waals surface area (Å²) in [6, 6.07) is 15.6. The molecule has 0 atom stereocenters. The molecule has 1 saturated heterocycles. The van der Waals surface area contributed by atoms with Crippen LogP contribution in [0.2, 0.25) is 0 Å². The summed E-state index contributed by atoms with van der Waals surface area (Å²) in [5.74, 6) is 1.19. The van der Waals surface area contributed by atoms with Crippen molar-refractivity contribution in [2.24, 2.45) is 10.2 Å². The van der Waals surface area contributed by atoms with Gasteiger partial charge in [0.1, 0.15) is 5.75 Å². The highest BCUT2D eigenvalue weighted by Crippen LogP contribution is 2.23. The number of ether oxygens (including phenoxy) is 1. The molecule has 1 aliphatic rings. The van der Waals surface area contributed by atoms with Gasteiger partial charge in [-0.25, -0.2) is 0 Å². The fraction of sp³-hybridized carbons (Fsp3) is 0.211. The van der Waals surface area contributed by atoms with Crippen molar-refractivity contribution in [3.63, 3.8) is 0 Å². The third kappa shape index (κ3) is 4.09. The second kappa shape index (κ2) is 7.98. The van der Waals surface area contributed by atoms with Crippen LogP contribution in [0.25, 0.3) is 0 Å². The summed E-state index contributed by atoms with van der Waals surface area (Å²) in [5.41, 5.74) is 3.11. The second-order valence-electron chi connectivity index (χ2n) is 5.56. The first-order valence-corrected chi connectivity index (χ1v) is 8.89. The van der Waals surface area contributed by atoms with Crippen molar-refractivity contribution in [2.75, 3.05) is 12.9 Å². The number of thioether (sulfide) groups is 1. The zero-order valence-electron chi connectivity index (χ0n) is 14.2. The highest BCUT2D eigenvalue weighted by molar-refractivity contribution is 8.15. The third-order valence-corrected chi connectivity index (χ3v) is 4.88. The number of hydrogen-bond donors (Lipinski definition) is 0. The summed E-state index contributed by atoms with van der Waals surface area (Å²) in [7, 11) is 1.62. The highest BCUT2D eigenvalue weighted by atomic mass is 32.2. The number of amides is 1. The van der Waals surface area contributed by atoms with Gasteiger partial charge in [-0.05, 0) is 30.2 Å². The molecule has 0 bridgehead atoms. The molecule has 2 aromatic carbocycles. The predicted octanol–water partition coefficient (Wildman–Crippen LogP) is 3.47. The Labute approximate surface area is 151 Å². The summed E-state index contributed by atoms with van der Waals surface area (Å²) >= 11 is 1.41. The Morgan fingerprint density at radius 3 is 2.76 bits per heavy atom. The molecule has 25 heavy (non-hydrogen) atoms. The summed E-state index contributed by atoms with van der Waals surface area (Å²) < 4.78 is 5.29. The number of benzene rings is 2. The van der Waals surface area contributed by atoms with Gasteiger partial charge in [0.15, 0.2) is 5.17 Å². The van der Waals surface area contributed by atoms with Gasteiger partial charge in [-0.15, -0.1) is 5.10 Å². The van der Waals surface area contributed by atoms with E-state index in [0.29, 0.717) is 17.5 Å². The van der Waals surface area contributed by atoms with Crippen molar-refractivity contribution in [2.45, 2.75) is 13.5 Å². The molecule has 128 valence electrons. The first-order valence-electron chi connectivity index (χ1n) is 7.91. The van der Waals surface area contributed by atoms with E-state index >= 15 is 0 Å². The molecule has 5 nitrogen and oxygen atoms in total. The van der Waals surface area contributed by atoms with Crippen molar-refractivity contribution in [3.8, 4) is 5.75 Å². The van der Waals surface area contributed by atoms with Crippen LogP contribution in [0.5, 0.6) is 5.75 Å². The SMILES string of the molecule is COc1ccccc1/C=N\N=C1/SCC(=O)N1Cc1ccccc1C. The van der Waals surface area contributed by atoms with Gasteiger partial charge in [0.2, 0.25) is 5.91 Å². The number of amidine groups is 1. The van der Waals surface area contributed by atoms with E-state index in [4.69, 9.17) is 4.74 Å². The van der Waals surface area contributed by atoms with Crippen LogP contribution in [0.4, 0.5) is 0 Å². The normalized spacial score (nSPS) is 16.2. The van der Waals surface area contributed by atoms with Gasteiger partial charge in [-0.3, -0.25) is 9.69 Å². The minimum Gasteiger partial charge on any atom is -0.496 e. The molecule has 0 saturated carbocycles. The first-order chi connectivity index (χ1) is 12.2. The maximum absolute atomic E-state index is 12.2. The van der Waals surface area contributed by atoms with Gasteiger partial charge in [0.25, 0.3) is 0 Å².